The molecule has 2 rings (SSSR count). The van der Waals surface area contributed by atoms with Gasteiger partial charge in [-0.3, -0.25) is 0 Å². The fraction of sp³-hybridized carbons (Fsp3) is 0.818. The Balaban J connectivity index is 1.95. The first kappa shape index (κ1) is 11.5. The highest BCUT2D eigenvalue weighted by Gasteiger charge is 2.21. The molecule has 1 aliphatic rings. The maximum atomic E-state index is 5.64. The van der Waals surface area contributed by atoms with Crippen LogP contribution in [-0.2, 0) is 11.2 Å². The quantitative estimate of drug-likeness (QED) is 0.816. The summed E-state index contributed by atoms with van der Waals surface area (Å²) in [5.74, 6) is 1.59. The molecule has 1 aliphatic heterocycles. The first-order valence-corrected chi connectivity index (χ1v) is 5.97. The Hall–Kier alpha value is -0.940. The highest BCUT2D eigenvalue weighted by molar-refractivity contribution is 4.95. The molecule has 1 aromatic heterocycles. The average molecular weight is 225 g/mol. The van der Waals surface area contributed by atoms with Gasteiger partial charge in [-0.2, -0.15) is 4.98 Å². The van der Waals surface area contributed by atoms with Crippen molar-refractivity contribution in [3.63, 3.8) is 0 Å². The second-order valence-corrected chi connectivity index (χ2v) is 4.23. The molecule has 5 nitrogen and oxygen atoms in total. The van der Waals surface area contributed by atoms with E-state index in [-0.39, 0.29) is 12.0 Å². The summed E-state index contributed by atoms with van der Waals surface area (Å²) < 4.78 is 10.8. The minimum Gasteiger partial charge on any atom is -0.378 e. The number of hydrogen-bond acceptors (Lipinski definition) is 5. The van der Waals surface area contributed by atoms with Gasteiger partial charge in [0.05, 0.1) is 12.0 Å². The smallest absolute Gasteiger partial charge is 0.231 e. The SMILES string of the molecule is CCC(CN)c1nc(CC2CCCO2)no1. The van der Waals surface area contributed by atoms with E-state index in [1.807, 2.05) is 0 Å². The van der Waals surface area contributed by atoms with Crippen LogP contribution in [0.1, 0.15) is 43.8 Å². The van der Waals surface area contributed by atoms with Crippen LogP contribution in [0.25, 0.3) is 0 Å². The van der Waals surface area contributed by atoms with Crippen molar-refractivity contribution in [3.05, 3.63) is 11.7 Å². The highest BCUT2D eigenvalue weighted by atomic mass is 16.5. The molecule has 0 amide bonds. The number of aromatic nitrogens is 2. The van der Waals surface area contributed by atoms with E-state index in [0.717, 1.165) is 38.1 Å². The van der Waals surface area contributed by atoms with Gasteiger partial charge in [0.2, 0.25) is 5.89 Å². The van der Waals surface area contributed by atoms with Gasteiger partial charge in [0.15, 0.2) is 5.82 Å². The van der Waals surface area contributed by atoms with E-state index in [9.17, 15) is 0 Å². The molecule has 0 bridgehead atoms. The Morgan fingerprint density at radius 1 is 1.56 bits per heavy atom. The summed E-state index contributed by atoms with van der Waals surface area (Å²) in [6.45, 7) is 3.48. The van der Waals surface area contributed by atoms with Crippen LogP contribution in [0.4, 0.5) is 0 Å². The zero-order chi connectivity index (χ0) is 11.4. The summed E-state index contributed by atoms with van der Waals surface area (Å²) in [7, 11) is 0. The zero-order valence-electron chi connectivity index (χ0n) is 9.69. The van der Waals surface area contributed by atoms with E-state index >= 15 is 0 Å². The van der Waals surface area contributed by atoms with Crippen molar-refractivity contribution in [1.82, 2.24) is 10.1 Å². The molecule has 1 saturated heterocycles. The summed E-state index contributed by atoms with van der Waals surface area (Å²) in [5.41, 5.74) is 5.64. The molecule has 0 saturated carbocycles. The van der Waals surface area contributed by atoms with Crippen molar-refractivity contribution in [2.75, 3.05) is 13.2 Å². The van der Waals surface area contributed by atoms with Crippen LogP contribution in [0.2, 0.25) is 0 Å². The first-order chi connectivity index (χ1) is 7.83. The Bertz CT molecular complexity index is 317. The van der Waals surface area contributed by atoms with Crippen LogP contribution in [0.5, 0.6) is 0 Å². The standard InChI is InChI=1S/C11H19N3O2/c1-2-8(7-12)11-13-10(14-16-11)6-9-4-3-5-15-9/h8-9H,2-7,12H2,1H3. The van der Waals surface area contributed by atoms with Gasteiger partial charge in [-0.05, 0) is 19.3 Å². The monoisotopic (exact) mass is 225 g/mol. The summed E-state index contributed by atoms with van der Waals surface area (Å²) in [4.78, 5) is 4.38. The van der Waals surface area contributed by atoms with Crippen LogP contribution < -0.4 is 5.73 Å². The summed E-state index contributed by atoms with van der Waals surface area (Å²) in [5, 5.41) is 3.97. The Morgan fingerprint density at radius 3 is 3.06 bits per heavy atom. The van der Waals surface area contributed by atoms with E-state index in [0.29, 0.717) is 12.4 Å². The number of nitrogens with zero attached hydrogens (tertiary/aromatic N) is 2. The van der Waals surface area contributed by atoms with Gasteiger partial charge >= 0.3 is 0 Å². The van der Waals surface area contributed by atoms with Crippen LogP contribution in [0.3, 0.4) is 0 Å². The molecule has 2 N–H and O–H groups in total. The van der Waals surface area contributed by atoms with Crippen molar-refractivity contribution in [2.24, 2.45) is 5.73 Å². The number of hydrogen-bond donors (Lipinski definition) is 1. The van der Waals surface area contributed by atoms with Crippen molar-refractivity contribution in [1.29, 1.82) is 0 Å². The van der Waals surface area contributed by atoms with Crippen molar-refractivity contribution in [2.45, 2.75) is 44.6 Å². The third kappa shape index (κ3) is 2.59. The van der Waals surface area contributed by atoms with Crippen LogP contribution in [0.15, 0.2) is 4.52 Å². The lowest BCUT2D eigenvalue weighted by Crippen LogP contribution is -2.13. The predicted octanol–water partition coefficient (Wildman–Crippen LogP) is 1.24. The predicted molar refractivity (Wildman–Crippen MR) is 59.1 cm³/mol. The number of rotatable bonds is 5. The molecular formula is C11H19N3O2. The van der Waals surface area contributed by atoms with Gasteiger partial charge in [-0.25, -0.2) is 0 Å². The van der Waals surface area contributed by atoms with E-state index in [4.69, 9.17) is 15.0 Å². The van der Waals surface area contributed by atoms with E-state index in [1.165, 1.54) is 0 Å². The molecule has 0 aliphatic carbocycles. The fourth-order valence-corrected chi connectivity index (χ4v) is 1.97. The molecule has 5 heteroatoms. The molecule has 2 atom stereocenters. The van der Waals surface area contributed by atoms with Gasteiger partial charge in [0, 0.05) is 19.6 Å². The topological polar surface area (TPSA) is 74.2 Å². The van der Waals surface area contributed by atoms with Crippen molar-refractivity contribution >= 4 is 0 Å². The largest absolute Gasteiger partial charge is 0.378 e. The van der Waals surface area contributed by atoms with Crippen LogP contribution >= 0.6 is 0 Å². The average Bonchev–Trinajstić information content (AvgIpc) is 2.93. The van der Waals surface area contributed by atoms with Gasteiger partial charge < -0.3 is 15.0 Å². The molecule has 1 aromatic rings. The normalized spacial score (nSPS) is 22.5. The molecule has 0 spiro atoms. The van der Waals surface area contributed by atoms with Gasteiger partial charge in [0.25, 0.3) is 0 Å². The number of nitrogens with two attached hydrogens (primary N) is 1. The van der Waals surface area contributed by atoms with Gasteiger partial charge in [0.1, 0.15) is 0 Å². The van der Waals surface area contributed by atoms with E-state index < -0.39 is 0 Å². The molecule has 0 radical (unpaired) electrons. The molecule has 2 unspecified atom stereocenters. The van der Waals surface area contributed by atoms with Crippen LogP contribution in [-0.4, -0.2) is 29.4 Å². The summed E-state index contributed by atoms with van der Waals surface area (Å²) >= 11 is 0. The second-order valence-electron chi connectivity index (χ2n) is 4.23. The molecular weight excluding hydrogens is 206 g/mol. The Morgan fingerprint density at radius 2 is 2.44 bits per heavy atom. The highest BCUT2D eigenvalue weighted by Crippen LogP contribution is 2.19. The Labute approximate surface area is 95.3 Å². The maximum Gasteiger partial charge on any atom is 0.231 e. The second kappa shape index (κ2) is 5.41. The minimum atomic E-state index is 0.186. The lowest BCUT2D eigenvalue weighted by atomic mass is 10.1. The summed E-state index contributed by atoms with van der Waals surface area (Å²) in [6.07, 6.45) is 4.18. The Kier molecular flexibility index (Phi) is 3.90. The molecule has 1 fully saturated rings. The van der Waals surface area contributed by atoms with E-state index in [2.05, 4.69) is 17.1 Å². The third-order valence-corrected chi connectivity index (χ3v) is 3.04. The number of ether oxygens (including phenoxy) is 1. The fourth-order valence-electron chi connectivity index (χ4n) is 1.97. The van der Waals surface area contributed by atoms with Crippen molar-refractivity contribution in [3.8, 4) is 0 Å². The first-order valence-electron chi connectivity index (χ1n) is 5.97. The lowest BCUT2D eigenvalue weighted by Gasteiger charge is -2.05. The van der Waals surface area contributed by atoms with Gasteiger partial charge in [-0.15, -0.1) is 0 Å². The molecule has 2 heterocycles. The minimum absolute atomic E-state index is 0.186. The summed E-state index contributed by atoms with van der Waals surface area (Å²) in [6, 6.07) is 0. The van der Waals surface area contributed by atoms with E-state index in [1.54, 1.807) is 0 Å². The molecule has 16 heavy (non-hydrogen) atoms. The zero-order valence-corrected chi connectivity index (χ0v) is 9.69. The van der Waals surface area contributed by atoms with Gasteiger partial charge in [-0.1, -0.05) is 12.1 Å². The molecule has 0 aromatic carbocycles. The van der Waals surface area contributed by atoms with Crippen LogP contribution in [0, 0.1) is 0 Å². The third-order valence-electron chi connectivity index (χ3n) is 3.04. The maximum absolute atomic E-state index is 5.64. The molecule has 90 valence electrons. The van der Waals surface area contributed by atoms with Crippen molar-refractivity contribution < 1.29 is 9.26 Å². The lowest BCUT2D eigenvalue weighted by molar-refractivity contribution is 0.109.